The van der Waals surface area contributed by atoms with Crippen molar-refractivity contribution in [2.24, 2.45) is 11.7 Å². The second-order valence-corrected chi connectivity index (χ2v) is 8.34. The molecule has 0 bridgehead atoms. The number of benzene rings is 1. The van der Waals surface area contributed by atoms with Gasteiger partial charge in [0.25, 0.3) is 0 Å². The Balaban J connectivity index is 2.85. The van der Waals surface area contributed by atoms with Crippen molar-refractivity contribution < 1.29 is 19.4 Å². The summed E-state index contributed by atoms with van der Waals surface area (Å²) in [4.78, 5) is 23.0. The maximum absolute atomic E-state index is 12.5. The SMILES string of the molecule is CC(C)C[C@@H](C(=O)O)N(C)CP(=O)(O)C(N)c1ccccc1. The summed E-state index contributed by atoms with van der Waals surface area (Å²) in [6.45, 7) is 3.83. The number of rotatable bonds is 8. The highest BCUT2D eigenvalue weighted by atomic mass is 31.2. The van der Waals surface area contributed by atoms with E-state index in [2.05, 4.69) is 0 Å². The lowest BCUT2D eigenvalue weighted by Gasteiger charge is -2.29. The third-order valence-electron chi connectivity index (χ3n) is 3.51. The molecule has 1 aromatic carbocycles. The summed E-state index contributed by atoms with van der Waals surface area (Å²) in [5.74, 6) is -1.85. The summed E-state index contributed by atoms with van der Waals surface area (Å²) in [5, 5.41) is 9.30. The number of carboxylic acids is 1. The van der Waals surface area contributed by atoms with Crippen LogP contribution in [0.15, 0.2) is 30.3 Å². The Morgan fingerprint density at radius 1 is 1.32 bits per heavy atom. The van der Waals surface area contributed by atoms with Gasteiger partial charge in [0.1, 0.15) is 11.8 Å². The van der Waals surface area contributed by atoms with Crippen LogP contribution in [0.5, 0.6) is 0 Å². The van der Waals surface area contributed by atoms with E-state index in [4.69, 9.17) is 5.73 Å². The minimum atomic E-state index is -3.76. The monoisotopic (exact) mass is 328 g/mol. The van der Waals surface area contributed by atoms with Gasteiger partial charge in [-0.05, 0) is 24.9 Å². The van der Waals surface area contributed by atoms with Gasteiger partial charge < -0.3 is 15.7 Å². The van der Waals surface area contributed by atoms with Gasteiger partial charge in [0.05, 0.1) is 6.29 Å². The lowest BCUT2D eigenvalue weighted by atomic mass is 10.0. The molecular weight excluding hydrogens is 303 g/mol. The number of nitrogens with two attached hydrogens (primary N) is 1. The summed E-state index contributed by atoms with van der Waals surface area (Å²) in [7, 11) is -2.21. The van der Waals surface area contributed by atoms with Gasteiger partial charge in [0, 0.05) is 0 Å². The lowest BCUT2D eigenvalue weighted by molar-refractivity contribution is -0.143. The van der Waals surface area contributed by atoms with Crippen molar-refractivity contribution in [2.75, 3.05) is 13.3 Å². The Morgan fingerprint density at radius 2 is 1.86 bits per heavy atom. The van der Waals surface area contributed by atoms with Gasteiger partial charge in [-0.1, -0.05) is 44.2 Å². The smallest absolute Gasteiger partial charge is 0.320 e. The molecular formula is C15H25N2O4P. The number of aliphatic carboxylic acids is 1. The molecule has 0 saturated carbocycles. The predicted octanol–water partition coefficient (Wildman–Crippen LogP) is 2.30. The van der Waals surface area contributed by atoms with Crippen LogP contribution in [0.1, 0.15) is 31.6 Å². The molecule has 0 aliphatic carbocycles. The predicted molar refractivity (Wildman–Crippen MR) is 86.7 cm³/mol. The van der Waals surface area contributed by atoms with E-state index in [0.717, 1.165) is 0 Å². The third-order valence-corrected chi connectivity index (χ3v) is 5.53. The highest BCUT2D eigenvalue weighted by molar-refractivity contribution is 7.58. The molecule has 1 rings (SSSR count). The van der Waals surface area contributed by atoms with Crippen molar-refractivity contribution in [1.82, 2.24) is 4.90 Å². The molecule has 6 nitrogen and oxygen atoms in total. The lowest BCUT2D eigenvalue weighted by Crippen LogP contribution is -2.40. The minimum absolute atomic E-state index is 0.171. The summed E-state index contributed by atoms with van der Waals surface area (Å²) in [6.07, 6.45) is 0.152. The van der Waals surface area contributed by atoms with E-state index in [1.807, 2.05) is 13.8 Å². The van der Waals surface area contributed by atoms with Gasteiger partial charge in [0.15, 0.2) is 0 Å². The molecule has 1 aromatic rings. The standard InChI is InChI=1S/C15H25N2O4P/c1-11(2)9-13(15(18)19)17(3)10-22(20,21)14(16)12-7-5-4-6-8-12/h4-8,11,13-14H,9-10,16H2,1-3H3,(H,18,19)(H,20,21)/t13-,14?/m0/s1. The summed E-state index contributed by atoms with van der Waals surface area (Å²) < 4.78 is 12.5. The molecule has 4 N–H and O–H groups in total. The Hall–Kier alpha value is -1.20. The molecule has 22 heavy (non-hydrogen) atoms. The fourth-order valence-corrected chi connectivity index (χ4v) is 3.96. The van der Waals surface area contributed by atoms with Crippen LogP contribution in [0.2, 0.25) is 0 Å². The van der Waals surface area contributed by atoms with Crippen molar-refractivity contribution in [3.63, 3.8) is 0 Å². The van der Waals surface area contributed by atoms with Gasteiger partial charge in [-0.3, -0.25) is 14.3 Å². The molecule has 0 aromatic heterocycles. The van der Waals surface area contributed by atoms with E-state index >= 15 is 0 Å². The van der Waals surface area contributed by atoms with E-state index in [1.165, 1.54) is 4.90 Å². The first-order chi connectivity index (χ1) is 10.1. The number of likely N-dealkylation sites (N-methyl/N-ethyl adjacent to an activating group) is 1. The number of hydrogen-bond acceptors (Lipinski definition) is 4. The minimum Gasteiger partial charge on any atom is -0.480 e. The van der Waals surface area contributed by atoms with Crippen molar-refractivity contribution in [3.05, 3.63) is 35.9 Å². The van der Waals surface area contributed by atoms with Crippen LogP contribution in [0.4, 0.5) is 0 Å². The van der Waals surface area contributed by atoms with Crippen LogP contribution >= 0.6 is 7.37 Å². The molecule has 7 heteroatoms. The average Bonchev–Trinajstić information content (AvgIpc) is 2.43. The Morgan fingerprint density at radius 3 is 2.32 bits per heavy atom. The number of hydrogen-bond donors (Lipinski definition) is 3. The molecule has 0 radical (unpaired) electrons. The topological polar surface area (TPSA) is 104 Å². The van der Waals surface area contributed by atoms with Crippen LogP contribution in [0, 0.1) is 5.92 Å². The number of carboxylic acid groups (broad SMARTS) is 1. The van der Waals surface area contributed by atoms with Crippen LogP contribution in [-0.2, 0) is 9.36 Å². The molecule has 3 atom stereocenters. The maximum Gasteiger partial charge on any atom is 0.320 e. The molecule has 2 unspecified atom stereocenters. The summed E-state index contributed by atoms with van der Waals surface area (Å²) >= 11 is 0. The van der Waals surface area contributed by atoms with Crippen molar-refractivity contribution in [1.29, 1.82) is 0 Å². The van der Waals surface area contributed by atoms with E-state index in [-0.39, 0.29) is 12.2 Å². The van der Waals surface area contributed by atoms with Gasteiger partial charge in [-0.2, -0.15) is 0 Å². The van der Waals surface area contributed by atoms with Gasteiger partial charge in [-0.25, -0.2) is 0 Å². The second kappa shape index (κ2) is 7.88. The summed E-state index contributed by atoms with van der Waals surface area (Å²) in [6, 6.07) is 7.87. The average molecular weight is 328 g/mol. The normalized spacial score (nSPS) is 17.2. The largest absolute Gasteiger partial charge is 0.480 e. The number of carbonyl (C=O) groups is 1. The van der Waals surface area contributed by atoms with E-state index in [9.17, 15) is 19.4 Å². The zero-order chi connectivity index (χ0) is 16.9. The quantitative estimate of drug-likeness (QED) is 0.633. The van der Waals surface area contributed by atoms with Crippen LogP contribution in [0.25, 0.3) is 0 Å². The van der Waals surface area contributed by atoms with E-state index < -0.39 is 25.2 Å². The highest BCUT2D eigenvalue weighted by Gasteiger charge is 2.34. The molecule has 0 amide bonds. The van der Waals surface area contributed by atoms with Crippen LogP contribution in [0.3, 0.4) is 0 Å². The molecule has 0 fully saturated rings. The molecule has 0 saturated heterocycles. The maximum atomic E-state index is 12.5. The van der Waals surface area contributed by atoms with E-state index in [1.54, 1.807) is 37.4 Å². The van der Waals surface area contributed by atoms with Crippen molar-refractivity contribution in [2.45, 2.75) is 32.1 Å². The zero-order valence-corrected chi connectivity index (χ0v) is 14.1. The molecule has 0 aliphatic heterocycles. The molecule has 0 heterocycles. The van der Waals surface area contributed by atoms with Gasteiger partial charge in [-0.15, -0.1) is 0 Å². The van der Waals surface area contributed by atoms with Gasteiger partial charge in [0.2, 0.25) is 7.37 Å². The first-order valence-electron chi connectivity index (χ1n) is 7.20. The van der Waals surface area contributed by atoms with Crippen LogP contribution < -0.4 is 5.73 Å². The Bertz CT molecular complexity index is 536. The van der Waals surface area contributed by atoms with Gasteiger partial charge >= 0.3 is 5.97 Å². The van der Waals surface area contributed by atoms with E-state index in [0.29, 0.717) is 12.0 Å². The van der Waals surface area contributed by atoms with Crippen molar-refractivity contribution in [3.8, 4) is 0 Å². The molecule has 0 spiro atoms. The fraction of sp³-hybridized carbons (Fsp3) is 0.533. The number of nitrogens with zero attached hydrogens (tertiary/aromatic N) is 1. The molecule has 124 valence electrons. The first-order valence-corrected chi connectivity index (χ1v) is 9.11. The zero-order valence-electron chi connectivity index (χ0n) is 13.2. The first kappa shape index (κ1) is 18.8. The fourth-order valence-electron chi connectivity index (χ4n) is 2.31. The summed E-state index contributed by atoms with van der Waals surface area (Å²) in [5.41, 5.74) is 6.48. The molecule has 0 aliphatic rings. The third kappa shape index (κ3) is 5.21. The Labute approximate surface area is 131 Å². The van der Waals surface area contributed by atoms with Crippen molar-refractivity contribution >= 4 is 13.3 Å². The van der Waals surface area contributed by atoms with Crippen LogP contribution in [-0.4, -0.2) is 40.2 Å². The highest BCUT2D eigenvalue weighted by Crippen LogP contribution is 2.52. The Kier molecular flexibility index (Phi) is 6.75. The second-order valence-electron chi connectivity index (χ2n) is 5.99.